The minimum absolute atomic E-state index is 0.0622. The fourth-order valence-electron chi connectivity index (χ4n) is 3.64. The monoisotopic (exact) mass is 416 g/mol. The van der Waals surface area contributed by atoms with Crippen molar-refractivity contribution < 1.29 is 13.6 Å². The lowest BCUT2D eigenvalue weighted by molar-refractivity contribution is 0.0717. The van der Waals surface area contributed by atoms with Crippen LogP contribution >= 0.6 is 0 Å². The van der Waals surface area contributed by atoms with Crippen molar-refractivity contribution in [1.29, 1.82) is 0 Å². The van der Waals surface area contributed by atoms with Crippen LogP contribution in [0, 0.1) is 12.7 Å². The number of carbonyl (C=O) groups is 1. The molecule has 2 heterocycles. The van der Waals surface area contributed by atoms with E-state index in [0.29, 0.717) is 27.8 Å². The van der Waals surface area contributed by atoms with Crippen LogP contribution in [-0.4, -0.2) is 15.8 Å². The van der Waals surface area contributed by atoms with Crippen molar-refractivity contribution in [2.75, 3.05) is 0 Å². The molecule has 4 rings (SSSR count). The van der Waals surface area contributed by atoms with Gasteiger partial charge < -0.3 is 14.3 Å². The summed E-state index contributed by atoms with van der Waals surface area (Å²) in [5.41, 5.74) is 2.62. The number of aromatic nitrogens is 1. The summed E-state index contributed by atoms with van der Waals surface area (Å²) >= 11 is 0. The molecular weight excluding hydrogens is 395 g/mol. The molecule has 0 atom stereocenters. The van der Waals surface area contributed by atoms with Crippen LogP contribution in [0.25, 0.3) is 17.0 Å². The predicted molar refractivity (Wildman–Crippen MR) is 118 cm³/mol. The van der Waals surface area contributed by atoms with Gasteiger partial charge in [-0.1, -0.05) is 24.8 Å². The van der Waals surface area contributed by atoms with Crippen molar-refractivity contribution in [3.05, 3.63) is 112 Å². The molecule has 156 valence electrons. The van der Waals surface area contributed by atoms with Crippen LogP contribution in [0.4, 0.5) is 4.39 Å². The zero-order chi connectivity index (χ0) is 22.0. The first kappa shape index (κ1) is 20.3. The van der Waals surface area contributed by atoms with E-state index in [2.05, 4.69) is 11.6 Å². The van der Waals surface area contributed by atoms with Crippen LogP contribution in [0.3, 0.4) is 0 Å². The number of amides is 1. The number of nitrogens with zero attached hydrogens (tertiary/aromatic N) is 1. The van der Waals surface area contributed by atoms with Crippen LogP contribution in [-0.2, 0) is 13.1 Å². The SMILES string of the molecule is C=Cc1c(C)cccc1C(=O)N(Cc1ccco1)Cc1cc2ccc(F)cc2[nH]c1=O. The molecule has 0 bridgehead atoms. The number of furan rings is 1. The predicted octanol–water partition coefficient (Wildman–Crippen LogP) is 5.05. The van der Waals surface area contributed by atoms with Crippen LogP contribution in [0.2, 0.25) is 0 Å². The number of hydrogen-bond donors (Lipinski definition) is 1. The molecule has 0 saturated heterocycles. The van der Waals surface area contributed by atoms with Crippen LogP contribution in [0.1, 0.15) is 32.8 Å². The molecular formula is C25H21FN2O3. The van der Waals surface area contributed by atoms with Gasteiger partial charge in [0.15, 0.2) is 0 Å². The number of fused-ring (bicyclic) bond motifs is 1. The van der Waals surface area contributed by atoms with Crippen molar-refractivity contribution in [3.63, 3.8) is 0 Å². The van der Waals surface area contributed by atoms with Gasteiger partial charge in [-0.05, 0) is 65.9 Å². The largest absolute Gasteiger partial charge is 0.467 e. The van der Waals surface area contributed by atoms with E-state index in [0.717, 1.165) is 11.1 Å². The topological polar surface area (TPSA) is 66.3 Å². The molecule has 1 amide bonds. The summed E-state index contributed by atoms with van der Waals surface area (Å²) in [6, 6.07) is 14.9. The highest BCUT2D eigenvalue weighted by atomic mass is 19.1. The molecule has 4 aromatic rings. The highest BCUT2D eigenvalue weighted by Crippen LogP contribution is 2.21. The minimum Gasteiger partial charge on any atom is -0.467 e. The number of rotatable bonds is 6. The number of aryl methyl sites for hydroxylation is 1. The zero-order valence-electron chi connectivity index (χ0n) is 17.0. The van der Waals surface area contributed by atoms with Gasteiger partial charge in [-0.3, -0.25) is 9.59 Å². The third-order valence-electron chi connectivity index (χ3n) is 5.22. The number of nitrogens with one attached hydrogen (secondary N) is 1. The van der Waals surface area contributed by atoms with E-state index in [1.807, 2.05) is 19.1 Å². The zero-order valence-corrected chi connectivity index (χ0v) is 17.0. The maximum Gasteiger partial charge on any atom is 0.255 e. The van der Waals surface area contributed by atoms with Crippen LogP contribution in [0.5, 0.6) is 0 Å². The van der Waals surface area contributed by atoms with Crippen molar-refractivity contribution >= 4 is 22.9 Å². The van der Waals surface area contributed by atoms with Gasteiger partial charge in [-0.15, -0.1) is 0 Å². The Morgan fingerprint density at radius 2 is 2.00 bits per heavy atom. The molecule has 0 aliphatic rings. The van der Waals surface area contributed by atoms with Gasteiger partial charge in [0, 0.05) is 11.1 Å². The lowest BCUT2D eigenvalue weighted by Gasteiger charge is -2.23. The van der Waals surface area contributed by atoms with Gasteiger partial charge >= 0.3 is 0 Å². The highest BCUT2D eigenvalue weighted by Gasteiger charge is 2.22. The van der Waals surface area contributed by atoms with E-state index in [-0.39, 0.29) is 24.6 Å². The lowest BCUT2D eigenvalue weighted by Crippen LogP contribution is -2.33. The molecule has 0 fully saturated rings. The minimum atomic E-state index is -0.429. The van der Waals surface area contributed by atoms with E-state index < -0.39 is 5.82 Å². The number of carbonyl (C=O) groups excluding carboxylic acids is 1. The van der Waals surface area contributed by atoms with Gasteiger partial charge in [0.25, 0.3) is 11.5 Å². The summed E-state index contributed by atoms with van der Waals surface area (Å²) in [5, 5.41) is 0.684. The molecule has 2 aromatic carbocycles. The van der Waals surface area contributed by atoms with Crippen molar-refractivity contribution in [3.8, 4) is 0 Å². The number of pyridine rings is 1. The van der Waals surface area contributed by atoms with Gasteiger partial charge in [0.1, 0.15) is 11.6 Å². The Morgan fingerprint density at radius 3 is 2.74 bits per heavy atom. The van der Waals surface area contributed by atoms with Gasteiger partial charge in [-0.2, -0.15) is 0 Å². The Balaban J connectivity index is 1.75. The number of hydrogen-bond acceptors (Lipinski definition) is 3. The maximum atomic E-state index is 13.5. The number of H-pyrrole nitrogens is 1. The van der Waals surface area contributed by atoms with Crippen molar-refractivity contribution in [2.45, 2.75) is 20.0 Å². The summed E-state index contributed by atoms with van der Waals surface area (Å²) in [5.74, 6) is -0.0732. The summed E-state index contributed by atoms with van der Waals surface area (Å²) in [6.07, 6.45) is 3.20. The smallest absolute Gasteiger partial charge is 0.255 e. The quantitative estimate of drug-likeness (QED) is 0.478. The first-order chi connectivity index (χ1) is 15.0. The van der Waals surface area contributed by atoms with E-state index in [1.54, 1.807) is 41.3 Å². The molecule has 5 nitrogen and oxygen atoms in total. The third kappa shape index (κ3) is 4.19. The molecule has 1 N–H and O–H groups in total. The van der Waals surface area contributed by atoms with E-state index >= 15 is 0 Å². The molecule has 0 unspecified atom stereocenters. The second-order valence-corrected chi connectivity index (χ2v) is 7.34. The Hall–Kier alpha value is -3.93. The molecule has 0 aliphatic heterocycles. The van der Waals surface area contributed by atoms with Crippen LogP contribution in [0.15, 0.2) is 76.7 Å². The third-order valence-corrected chi connectivity index (χ3v) is 5.22. The summed E-state index contributed by atoms with van der Waals surface area (Å²) in [7, 11) is 0. The molecule has 0 radical (unpaired) electrons. The Labute approximate surface area is 178 Å². The second kappa shape index (κ2) is 8.44. The Bertz CT molecular complexity index is 1320. The lowest BCUT2D eigenvalue weighted by atomic mass is 10.0. The number of halogens is 1. The molecule has 2 aromatic heterocycles. The fraction of sp³-hybridized carbons (Fsp3) is 0.120. The maximum absolute atomic E-state index is 13.5. The standard InChI is InChI=1S/C25H21FN2O3/c1-3-21-16(2)6-4-8-22(21)25(30)28(15-20-7-5-11-31-20)14-18-12-17-9-10-19(26)13-23(17)27-24(18)29/h3-13H,1,14-15H2,2H3,(H,27,29). The van der Waals surface area contributed by atoms with E-state index in [1.165, 1.54) is 18.4 Å². The summed E-state index contributed by atoms with van der Waals surface area (Å²) in [4.78, 5) is 30.4. The average molecular weight is 416 g/mol. The molecule has 0 aliphatic carbocycles. The Kier molecular flexibility index (Phi) is 5.54. The first-order valence-corrected chi connectivity index (χ1v) is 9.81. The second-order valence-electron chi connectivity index (χ2n) is 7.34. The number of benzene rings is 2. The fourth-order valence-corrected chi connectivity index (χ4v) is 3.64. The molecule has 0 spiro atoms. The van der Waals surface area contributed by atoms with Crippen molar-refractivity contribution in [2.24, 2.45) is 0 Å². The molecule has 31 heavy (non-hydrogen) atoms. The Morgan fingerprint density at radius 1 is 1.16 bits per heavy atom. The molecule has 6 heteroatoms. The van der Waals surface area contributed by atoms with Gasteiger partial charge in [0.2, 0.25) is 0 Å². The van der Waals surface area contributed by atoms with Crippen LogP contribution < -0.4 is 5.56 Å². The summed E-state index contributed by atoms with van der Waals surface area (Å²) in [6.45, 7) is 6.00. The summed E-state index contributed by atoms with van der Waals surface area (Å²) < 4.78 is 18.9. The van der Waals surface area contributed by atoms with Crippen molar-refractivity contribution in [1.82, 2.24) is 9.88 Å². The average Bonchev–Trinajstić information content (AvgIpc) is 3.26. The first-order valence-electron chi connectivity index (χ1n) is 9.81. The van der Waals surface area contributed by atoms with E-state index in [4.69, 9.17) is 4.42 Å². The number of aromatic amines is 1. The normalized spacial score (nSPS) is 10.9. The van der Waals surface area contributed by atoms with Gasteiger partial charge in [0.05, 0.1) is 24.9 Å². The molecule has 0 saturated carbocycles. The highest BCUT2D eigenvalue weighted by molar-refractivity contribution is 5.98. The van der Waals surface area contributed by atoms with Gasteiger partial charge in [-0.25, -0.2) is 4.39 Å². The van der Waals surface area contributed by atoms with E-state index in [9.17, 15) is 14.0 Å².